The van der Waals surface area contributed by atoms with E-state index in [1.54, 1.807) is 23.9 Å². The second-order valence-corrected chi connectivity index (χ2v) is 7.09. The van der Waals surface area contributed by atoms with Crippen LogP contribution in [0.15, 0.2) is 54.6 Å². The lowest BCUT2D eigenvalue weighted by atomic mass is 9.81. The Bertz CT molecular complexity index is 967. The number of hydrogen-bond donors (Lipinski definition) is 1. The van der Waals surface area contributed by atoms with Crippen molar-refractivity contribution in [1.82, 2.24) is 25.5 Å². The van der Waals surface area contributed by atoms with Gasteiger partial charge in [0.15, 0.2) is 5.82 Å². The summed E-state index contributed by atoms with van der Waals surface area (Å²) in [5, 5.41) is 15.4. The van der Waals surface area contributed by atoms with Crippen LogP contribution < -0.4 is 14.8 Å². The third kappa shape index (κ3) is 4.06. The maximum absolute atomic E-state index is 12.7. The lowest BCUT2D eigenvalue weighted by Crippen LogP contribution is -2.50. The number of para-hydroxylation sites is 1. The first kappa shape index (κ1) is 18.9. The number of nitrogens with one attached hydrogen (secondary N) is 1. The third-order valence-electron chi connectivity index (χ3n) is 5.20. The van der Waals surface area contributed by atoms with E-state index in [2.05, 4.69) is 20.8 Å². The van der Waals surface area contributed by atoms with E-state index in [1.807, 2.05) is 42.5 Å². The van der Waals surface area contributed by atoms with Gasteiger partial charge in [-0.25, -0.2) is 4.79 Å². The standard InChI is InChI=1S/C21H23N5O3/c1-28-18-12-8-9-16(15-18)26-19(23-24-25-26)21(13-6-3-7-14-21)22-20(27)29-17-10-4-2-5-11-17/h2,4-5,8-12,15H,3,6-7,13-14H2,1H3,(H,22,27). The van der Waals surface area contributed by atoms with Crippen LogP contribution in [0.4, 0.5) is 4.79 Å². The predicted octanol–water partition coefficient (Wildman–Crippen LogP) is 3.62. The first-order valence-electron chi connectivity index (χ1n) is 9.68. The van der Waals surface area contributed by atoms with Crippen LogP contribution in [0.3, 0.4) is 0 Å². The van der Waals surface area contributed by atoms with Crippen LogP contribution in [0, 0.1) is 0 Å². The van der Waals surface area contributed by atoms with Crippen molar-refractivity contribution in [3.63, 3.8) is 0 Å². The summed E-state index contributed by atoms with van der Waals surface area (Å²) < 4.78 is 12.5. The first-order valence-corrected chi connectivity index (χ1v) is 9.68. The molecule has 0 aliphatic heterocycles. The number of carbonyl (C=O) groups excluding carboxylic acids is 1. The van der Waals surface area contributed by atoms with Gasteiger partial charge in [-0.1, -0.05) is 43.5 Å². The summed E-state index contributed by atoms with van der Waals surface area (Å²) in [4.78, 5) is 12.7. The average Bonchev–Trinajstić information content (AvgIpc) is 3.26. The number of carbonyl (C=O) groups is 1. The molecular weight excluding hydrogens is 370 g/mol. The fourth-order valence-electron chi connectivity index (χ4n) is 3.78. The first-order chi connectivity index (χ1) is 14.2. The van der Waals surface area contributed by atoms with Gasteiger partial charge >= 0.3 is 6.09 Å². The van der Waals surface area contributed by atoms with Gasteiger partial charge in [-0.05, 0) is 47.5 Å². The largest absolute Gasteiger partial charge is 0.497 e. The van der Waals surface area contributed by atoms with Crippen molar-refractivity contribution in [3.05, 3.63) is 60.4 Å². The Kier molecular flexibility index (Phi) is 5.41. The lowest BCUT2D eigenvalue weighted by Gasteiger charge is -2.36. The van der Waals surface area contributed by atoms with Crippen LogP contribution >= 0.6 is 0 Å². The number of amides is 1. The lowest BCUT2D eigenvalue weighted by molar-refractivity contribution is 0.162. The zero-order chi connectivity index (χ0) is 20.1. The van der Waals surface area contributed by atoms with Gasteiger partial charge in [-0.2, -0.15) is 4.68 Å². The highest BCUT2D eigenvalue weighted by Gasteiger charge is 2.41. The molecule has 150 valence electrons. The minimum absolute atomic E-state index is 0.489. The van der Waals surface area contributed by atoms with E-state index < -0.39 is 11.6 Å². The Hall–Kier alpha value is -3.42. The predicted molar refractivity (Wildman–Crippen MR) is 106 cm³/mol. The van der Waals surface area contributed by atoms with Crippen molar-refractivity contribution in [1.29, 1.82) is 0 Å². The van der Waals surface area contributed by atoms with Crippen molar-refractivity contribution in [3.8, 4) is 17.2 Å². The molecule has 2 aromatic carbocycles. The molecule has 1 amide bonds. The van der Waals surface area contributed by atoms with E-state index in [0.717, 1.165) is 37.8 Å². The summed E-state index contributed by atoms with van der Waals surface area (Å²) in [6.45, 7) is 0. The second kappa shape index (κ2) is 8.30. The highest BCUT2D eigenvalue weighted by molar-refractivity contribution is 5.71. The maximum Gasteiger partial charge on any atom is 0.413 e. The van der Waals surface area contributed by atoms with Crippen molar-refractivity contribution in [2.75, 3.05) is 7.11 Å². The van der Waals surface area contributed by atoms with E-state index in [9.17, 15) is 4.79 Å². The number of tetrazole rings is 1. The summed E-state index contributed by atoms with van der Waals surface area (Å²) in [5.74, 6) is 1.79. The molecule has 1 aromatic heterocycles. The topological polar surface area (TPSA) is 91.2 Å². The summed E-state index contributed by atoms with van der Waals surface area (Å²) in [5.41, 5.74) is 0.0731. The van der Waals surface area contributed by atoms with Gasteiger partial charge in [0.1, 0.15) is 17.0 Å². The van der Waals surface area contributed by atoms with Gasteiger partial charge in [-0.15, -0.1) is 5.10 Å². The molecule has 1 aliphatic rings. The van der Waals surface area contributed by atoms with Crippen LogP contribution in [0.2, 0.25) is 0 Å². The molecule has 0 atom stereocenters. The summed E-state index contributed by atoms with van der Waals surface area (Å²) >= 11 is 0. The Balaban J connectivity index is 1.65. The van der Waals surface area contributed by atoms with Gasteiger partial charge < -0.3 is 14.8 Å². The zero-order valence-electron chi connectivity index (χ0n) is 16.2. The fraction of sp³-hybridized carbons (Fsp3) is 0.333. The summed E-state index contributed by atoms with van der Waals surface area (Å²) in [6, 6.07) is 16.5. The number of rotatable bonds is 5. The summed E-state index contributed by atoms with van der Waals surface area (Å²) in [6.07, 6.45) is 4.01. The van der Waals surface area contributed by atoms with Gasteiger partial charge in [0.05, 0.1) is 12.8 Å². The van der Waals surface area contributed by atoms with Gasteiger partial charge in [0, 0.05) is 6.07 Å². The quantitative estimate of drug-likeness (QED) is 0.712. The van der Waals surface area contributed by atoms with Gasteiger partial charge in [-0.3, -0.25) is 0 Å². The highest BCUT2D eigenvalue weighted by atomic mass is 16.6. The number of aromatic nitrogens is 4. The molecule has 0 saturated heterocycles. The van der Waals surface area contributed by atoms with E-state index >= 15 is 0 Å². The van der Waals surface area contributed by atoms with Crippen molar-refractivity contribution in [2.45, 2.75) is 37.6 Å². The Morgan fingerprint density at radius 2 is 1.79 bits per heavy atom. The molecule has 0 bridgehead atoms. The van der Waals surface area contributed by atoms with E-state index in [-0.39, 0.29) is 0 Å². The number of benzene rings is 2. The van der Waals surface area contributed by atoms with Gasteiger partial charge in [0.25, 0.3) is 0 Å². The number of nitrogens with zero attached hydrogens (tertiary/aromatic N) is 4. The molecule has 0 unspecified atom stereocenters. The molecule has 8 heteroatoms. The summed E-state index contributed by atoms with van der Waals surface area (Å²) in [7, 11) is 1.61. The normalized spacial score (nSPS) is 15.5. The minimum Gasteiger partial charge on any atom is -0.497 e. The van der Waals surface area contributed by atoms with E-state index in [0.29, 0.717) is 17.3 Å². The van der Waals surface area contributed by atoms with Crippen molar-refractivity contribution < 1.29 is 14.3 Å². The SMILES string of the molecule is COc1cccc(-n2nnnc2C2(NC(=O)Oc3ccccc3)CCCCC2)c1. The van der Waals surface area contributed by atoms with Crippen LogP contribution in [0.1, 0.15) is 37.9 Å². The molecule has 0 radical (unpaired) electrons. The van der Waals surface area contributed by atoms with Crippen LogP contribution in [-0.4, -0.2) is 33.4 Å². The molecule has 4 rings (SSSR count). The third-order valence-corrected chi connectivity index (χ3v) is 5.20. The molecule has 1 fully saturated rings. The monoisotopic (exact) mass is 393 g/mol. The fourth-order valence-corrected chi connectivity index (χ4v) is 3.78. The van der Waals surface area contributed by atoms with E-state index in [4.69, 9.17) is 9.47 Å². The smallest absolute Gasteiger partial charge is 0.413 e. The maximum atomic E-state index is 12.7. The molecule has 29 heavy (non-hydrogen) atoms. The second-order valence-electron chi connectivity index (χ2n) is 7.09. The van der Waals surface area contributed by atoms with Crippen LogP contribution in [-0.2, 0) is 5.54 Å². The zero-order valence-corrected chi connectivity index (χ0v) is 16.2. The Labute approximate surface area is 168 Å². The van der Waals surface area contributed by atoms with Crippen molar-refractivity contribution in [2.24, 2.45) is 0 Å². The van der Waals surface area contributed by atoms with Crippen LogP contribution in [0.25, 0.3) is 5.69 Å². The molecule has 1 N–H and O–H groups in total. The van der Waals surface area contributed by atoms with E-state index in [1.165, 1.54) is 0 Å². The molecule has 1 heterocycles. The van der Waals surface area contributed by atoms with Crippen molar-refractivity contribution >= 4 is 6.09 Å². The molecule has 1 saturated carbocycles. The van der Waals surface area contributed by atoms with Crippen LogP contribution in [0.5, 0.6) is 11.5 Å². The van der Waals surface area contributed by atoms with Gasteiger partial charge in [0.2, 0.25) is 0 Å². The molecule has 1 aliphatic carbocycles. The Morgan fingerprint density at radius 1 is 1.03 bits per heavy atom. The molecular formula is C21H23N5O3. The Morgan fingerprint density at radius 3 is 2.55 bits per heavy atom. The highest BCUT2D eigenvalue weighted by Crippen LogP contribution is 2.37. The number of hydrogen-bond acceptors (Lipinski definition) is 6. The number of methoxy groups -OCH3 is 1. The minimum atomic E-state index is -0.698. The molecule has 3 aromatic rings. The molecule has 0 spiro atoms. The molecule has 8 nitrogen and oxygen atoms in total. The number of ether oxygens (including phenoxy) is 2. The average molecular weight is 393 g/mol.